The normalized spacial score (nSPS) is 24.5. The van der Waals surface area contributed by atoms with Crippen molar-refractivity contribution in [2.75, 3.05) is 0 Å². The van der Waals surface area contributed by atoms with E-state index in [1.807, 2.05) is 25.1 Å². The van der Waals surface area contributed by atoms with Gasteiger partial charge in [-0.25, -0.2) is 0 Å². The number of hydrogen-bond acceptors (Lipinski definition) is 5. The average molecular weight is 568 g/mol. The van der Waals surface area contributed by atoms with Crippen LogP contribution in [0.15, 0.2) is 41.2 Å². The first-order valence-electron chi connectivity index (χ1n) is 13.7. The van der Waals surface area contributed by atoms with E-state index in [-0.39, 0.29) is 17.4 Å². The molecule has 0 amide bonds. The van der Waals surface area contributed by atoms with Gasteiger partial charge in [-0.3, -0.25) is 9.78 Å². The van der Waals surface area contributed by atoms with Crippen LogP contribution < -0.4 is 0 Å². The number of halogens is 2. The number of rotatable bonds is 9. The zero-order valence-electron chi connectivity index (χ0n) is 22.0. The van der Waals surface area contributed by atoms with E-state index >= 15 is 0 Å². The molecule has 7 rings (SSSR count). The summed E-state index contributed by atoms with van der Waals surface area (Å²) in [6, 6.07) is 5.93. The van der Waals surface area contributed by atoms with E-state index < -0.39 is 5.97 Å². The highest BCUT2D eigenvalue weighted by Gasteiger charge is 2.48. The zero-order chi connectivity index (χ0) is 27.2. The van der Waals surface area contributed by atoms with Crippen molar-refractivity contribution in [2.24, 2.45) is 5.41 Å². The minimum Gasteiger partial charge on any atom is -0.481 e. The number of aliphatic carboxylic acids is 1. The second kappa shape index (κ2) is 10.4. The molecular weight excluding hydrogens is 535 g/mol. The molecule has 4 fully saturated rings. The number of carbonyl (C=O) groups is 1. The number of pyridine rings is 1. The quantitative estimate of drug-likeness (QED) is 0.281. The van der Waals surface area contributed by atoms with Crippen molar-refractivity contribution in [3.05, 3.63) is 74.7 Å². The van der Waals surface area contributed by atoms with Gasteiger partial charge >= 0.3 is 5.97 Å². The van der Waals surface area contributed by atoms with E-state index in [1.165, 1.54) is 0 Å². The van der Waals surface area contributed by atoms with E-state index in [0.717, 1.165) is 79.4 Å². The summed E-state index contributed by atoms with van der Waals surface area (Å²) in [6.45, 7) is 2.48. The molecule has 8 heteroatoms. The van der Waals surface area contributed by atoms with Crippen LogP contribution in [0.1, 0.15) is 85.3 Å². The summed E-state index contributed by atoms with van der Waals surface area (Å²) in [6.07, 6.45) is 16.4. The van der Waals surface area contributed by atoms with Gasteiger partial charge in [0.2, 0.25) is 0 Å². The molecule has 4 aliphatic carbocycles. The van der Waals surface area contributed by atoms with Crippen LogP contribution in [-0.4, -0.2) is 26.8 Å². The van der Waals surface area contributed by atoms with Crippen LogP contribution in [0.2, 0.25) is 10.0 Å². The van der Waals surface area contributed by atoms with Crippen molar-refractivity contribution in [1.82, 2.24) is 10.1 Å². The molecule has 2 heterocycles. The highest BCUT2D eigenvalue weighted by Crippen LogP contribution is 2.55. The topological polar surface area (TPSA) is 85.5 Å². The molecule has 0 unspecified atom stereocenters. The number of aromatic nitrogens is 2. The van der Waals surface area contributed by atoms with Crippen molar-refractivity contribution in [2.45, 2.75) is 82.8 Å². The number of benzene rings is 1. The van der Waals surface area contributed by atoms with E-state index in [0.29, 0.717) is 33.8 Å². The number of nitrogens with zero attached hydrogens (tertiary/aromatic N) is 2. The molecule has 39 heavy (non-hydrogen) atoms. The highest BCUT2D eigenvalue weighted by atomic mass is 35.5. The van der Waals surface area contributed by atoms with Crippen LogP contribution in [0.5, 0.6) is 0 Å². The Labute approximate surface area is 238 Å². The SMILES string of the molecule is Cc1cc(CC(=O)O)ccc1/C=C/C12CCC(OCc3c(-c4c(Cl)cncc4Cl)noc3C3CC3)(CC1)CC2. The van der Waals surface area contributed by atoms with Crippen LogP contribution in [-0.2, 0) is 22.6 Å². The third-order valence-corrected chi connectivity index (χ3v) is 9.49. The summed E-state index contributed by atoms with van der Waals surface area (Å²) in [5.74, 6) is 0.485. The number of allylic oxidation sites excluding steroid dienone is 1. The molecule has 0 saturated heterocycles. The molecule has 2 bridgehead atoms. The summed E-state index contributed by atoms with van der Waals surface area (Å²) in [4.78, 5) is 15.1. The second-order valence-electron chi connectivity index (χ2n) is 11.6. The molecule has 6 nitrogen and oxygen atoms in total. The molecule has 0 spiro atoms. The van der Waals surface area contributed by atoms with Gasteiger partial charge in [-0.05, 0) is 80.4 Å². The molecule has 3 aromatic rings. The van der Waals surface area contributed by atoms with Crippen molar-refractivity contribution >= 4 is 35.2 Å². The van der Waals surface area contributed by atoms with Gasteiger partial charge in [-0.2, -0.15) is 0 Å². The molecule has 0 aliphatic heterocycles. The van der Waals surface area contributed by atoms with Crippen LogP contribution in [0.4, 0.5) is 0 Å². The number of ether oxygens (including phenoxy) is 1. The smallest absolute Gasteiger partial charge is 0.307 e. The Morgan fingerprint density at radius 1 is 1.13 bits per heavy atom. The zero-order valence-corrected chi connectivity index (χ0v) is 23.5. The number of carboxylic acid groups (broad SMARTS) is 1. The Kier molecular flexibility index (Phi) is 7.07. The first-order chi connectivity index (χ1) is 18.8. The lowest BCUT2D eigenvalue weighted by Gasteiger charge is -2.52. The maximum atomic E-state index is 11.0. The third kappa shape index (κ3) is 5.39. The van der Waals surface area contributed by atoms with Gasteiger partial charge < -0.3 is 14.4 Å². The number of aryl methyl sites for hydroxylation is 1. The third-order valence-electron chi connectivity index (χ3n) is 8.92. The summed E-state index contributed by atoms with van der Waals surface area (Å²) < 4.78 is 12.6. The van der Waals surface area contributed by atoms with Crippen LogP contribution >= 0.6 is 23.2 Å². The largest absolute Gasteiger partial charge is 0.481 e. The molecule has 1 N–H and O–H groups in total. The summed E-state index contributed by atoms with van der Waals surface area (Å²) in [5.41, 5.74) is 5.44. The van der Waals surface area contributed by atoms with Gasteiger partial charge in [0, 0.05) is 29.4 Å². The molecule has 0 atom stereocenters. The van der Waals surface area contributed by atoms with E-state index in [2.05, 4.69) is 22.3 Å². The predicted octanol–water partition coefficient (Wildman–Crippen LogP) is 8.18. The Morgan fingerprint density at radius 2 is 1.82 bits per heavy atom. The Morgan fingerprint density at radius 3 is 2.44 bits per heavy atom. The predicted molar refractivity (Wildman–Crippen MR) is 151 cm³/mol. The molecule has 204 valence electrons. The lowest BCUT2D eigenvalue weighted by molar-refractivity contribution is -0.136. The fourth-order valence-corrected chi connectivity index (χ4v) is 6.85. The standard InChI is InChI=1S/C31H32Cl2N2O4/c1-19-14-20(15-26(36)37)2-3-21(19)6-7-30-8-11-31(12-9-30,13-10-30)38-18-23-28(35-39-29(23)22-4-5-22)27-24(32)16-34-17-25(27)33/h2-3,6-7,14,16-17,22H,4-5,8-13,15,18H2,1H3,(H,36,37)/b7-6+. The maximum Gasteiger partial charge on any atom is 0.307 e. The van der Waals surface area contributed by atoms with Crippen molar-refractivity contribution in [3.8, 4) is 11.3 Å². The van der Waals surface area contributed by atoms with E-state index in [9.17, 15) is 4.79 Å². The molecule has 0 radical (unpaired) electrons. The Balaban J connectivity index is 1.15. The summed E-state index contributed by atoms with van der Waals surface area (Å²) >= 11 is 13.0. The maximum absolute atomic E-state index is 11.0. The van der Waals surface area contributed by atoms with Gasteiger partial charge in [0.05, 0.1) is 28.7 Å². The Hall–Kier alpha value is -2.67. The second-order valence-corrected chi connectivity index (χ2v) is 12.4. The van der Waals surface area contributed by atoms with Gasteiger partial charge in [-0.15, -0.1) is 0 Å². The molecular formula is C31H32Cl2N2O4. The first kappa shape index (κ1) is 26.5. The highest BCUT2D eigenvalue weighted by molar-refractivity contribution is 6.38. The lowest BCUT2D eigenvalue weighted by Crippen LogP contribution is -2.46. The minimum absolute atomic E-state index is 0.0536. The summed E-state index contributed by atoms with van der Waals surface area (Å²) in [7, 11) is 0. The monoisotopic (exact) mass is 566 g/mol. The van der Waals surface area contributed by atoms with Crippen LogP contribution in [0, 0.1) is 12.3 Å². The number of hydrogen-bond donors (Lipinski definition) is 1. The number of fused-ring (bicyclic) bond motifs is 3. The van der Waals surface area contributed by atoms with E-state index in [1.54, 1.807) is 12.4 Å². The molecule has 2 aromatic heterocycles. The van der Waals surface area contributed by atoms with Gasteiger partial charge in [0.15, 0.2) is 0 Å². The molecule has 4 saturated carbocycles. The van der Waals surface area contributed by atoms with Crippen LogP contribution in [0.25, 0.3) is 17.3 Å². The minimum atomic E-state index is -0.805. The Bertz CT molecular complexity index is 1400. The number of carboxylic acids is 1. The first-order valence-corrected chi connectivity index (χ1v) is 14.4. The molecule has 4 aliphatic rings. The fraction of sp³-hybridized carbons (Fsp3) is 0.452. The van der Waals surface area contributed by atoms with Crippen molar-refractivity contribution < 1.29 is 19.2 Å². The molecule has 1 aromatic carbocycles. The van der Waals surface area contributed by atoms with Crippen LogP contribution in [0.3, 0.4) is 0 Å². The van der Waals surface area contributed by atoms with Gasteiger partial charge in [-0.1, -0.05) is 58.7 Å². The lowest BCUT2D eigenvalue weighted by atomic mass is 9.58. The van der Waals surface area contributed by atoms with Crippen molar-refractivity contribution in [1.29, 1.82) is 0 Å². The van der Waals surface area contributed by atoms with Gasteiger partial charge in [0.1, 0.15) is 11.5 Å². The van der Waals surface area contributed by atoms with Gasteiger partial charge in [0.25, 0.3) is 0 Å². The average Bonchev–Trinajstić information content (AvgIpc) is 3.68. The summed E-state index contributed by atoms with van der Waals surface area (Å²) in [5, 5.41) is 14.4. The van der Waals surface area contributed by atoms with E-state index in [4.69, 9.17) is 37.6 Å². The van der Waals surface area contributed by atoms with Crippen molar-refractivity contribution in [3.63, 3.8) is 0 Å². The fourth-order valence-electron chi connectivity index (χ4n) is 6.31.